The van der Waals surface area contributed by atoms with Crippen LogP contribution in [0.3, 0.4) is 0 Å². The molecular formula is C19H24ClNO. The highest BCUT2D eigenvalue weighted by Crippen LogP contribution is 2.24. The fourth-order valence-electron chi connectivity index (χ4n) is 2.30. The molecule has 0 aromatic heterocycles. The van der Waals surface area contributed by atoms with Crippen LogP contribution in [-0.2, 0) is 0 Å². The summed E-state index contributed by atoms with van der Waals surface area (Å²) >= 11 is 5.56. The number of hydrogen-bond acceptors (Lipinski definition) is 1. The number of carbonyl (C=O) groups excluding carboxylic acids is 1. The van der Waals surface area contributed by atoms with E-state index in [9.17, 15) is 4.79 Å². The molecule has 2 rings (SSSR count). The van der Waals surface area contributed by atoms with E-state index < -0.39 is 5.91 Å². The highest BCUT2D eigenvalue weighted by Gasteiger charge is 2.07. The van der Waals surface area contributed by atoms with E-state index in [1.807, 2.05) is 0 Å². The zero-order chi connectivity index (χ0) is 17.0. The van der Waals surface area contributed by atoms with Crippen LogP contribution < -0.4 is 5.73 Å². The summed E-state index contributed by atoms with van der Waals surface area (Å²) in [6.07, 6.45) is 0. The molecule has 1 amide bonds. The maximum atomic E-state index is 10.5. The van der Waals surface area contributed by atoms with Gasteiger partial charge in [-0.2, -0.15) is 0 Å². The average molecular weight is 318 g/mol. The SMILES string of the molecule is Cc1c(C)c(C)c(C)c(C)c1C.NC(=O)c1ccc(Cl)cc1. The number of nitrogens with two attached hydrogens (primary N) is 1. The fourth-order valence-corrected chi connectivity index (χ4v) is 2.43. The van der Waals surface area contributed by atoms with Crippen LogP contribution in [0, 0.1) is 41.5 Å². The summed E-state index contributed by atoms with van der Waals surface area (Å²) in [6, 6.07) is 6.43. The molecule has 0 unspecified atom stereocenters. The molecule has 22 heavy (non-hydrogen) atoms. The van der Waals surface area contributed by atoms with Crippen LogP contribution in [0.1, 0.15) is 43.7 Å². The lowest BCUT2D eigenvalue weighted by Crippen LogP contribution is -2.10. The van der Waals surface area contributed by atoms with Crippen molar-refractivity contribution < 1.29 is 4.79 Å². The second kappa shape index (κ2) is 7.46. The number of halogens is 1. The molecule has 0 saturated carbocycles. The van der Waals surface area contributed by atoms with Crippen LogP contribution in [0.15, 0.2) is 24.3 Å². The smallest absolute Gasteiger partial charge is 0.248 e. The van der Waals surface area contributed by atoms with Gasteiger partial charge in [0, 0.05) is 10.6 Å². The Morgan fingerprint density at radius 1 is 0.727 bits per heavy atom. The molecule has 0 aliphatic rings. The summed E-state index contributed by atoms with van der Waals surface area (Å²) in [5.41, 5.74) is 14.2. The van der Waals surface area contributed by atoms with Gasteiger partial charge in [-0.3, -0.25) is 4.79 Å². The van der Waals surface area contributed by atoms with E-state index in [1.54, 1.807) is 24.3 Å². The van der Waals surface area contributed by atoms with E-state index in [0.29, 0.717) is 10.6 Å². The molecule has 0 atom stereocenters. The van der Waals surface area contributed by atoms with Crippen LogP contribution in [0.25, 0.3) is 0 Å². The lowest BCUT2D eigenvalue weighted by Gasteiger charge is -2.15. The van der Waals surface area contributed by atoms with Crippen LogP contribution in [0.2, 0.25) is 5.02 Å². The Labute approximate surface area is 138 Å². The molecule has 0 bridgehead atoms. The van der Waals surface area contributed by atoms with Crippen molar-refractivity contribution in [3.05, 3.63) is 68.2 Å². The number of carbonyl (C=O) groups is 1. The van der Waals surface area contributed by atoms with Gasteiger partial charge in [-0.15, -0.1) is 0 Å². The number of benzene rings is 2. The molecule has 2 aromatic rings. The number of rotatable bonds is 1. The lowest BCUT2D eigenvalue weighted by molar-refractivity contribution is 0.100. The van der Waals surface area contributed by atoms with Gasteiger partial charge in [-0.25, -0.2) is 0 Å². The minimum absolute atomic E-state index is 0.434. The molecule has 0 saturated heterocycles. The molecule has 118 valence electrons. The first-order valence-corrected chi connectivity index (χ1v) is 7.63. The van der Waals surface area contributed by atoms with Crippen molar-refractivity contribution in [2.75, 3.05) is 0 Å². The Balaban J connectivity index is 0.000000224. The number of hydrogen-bond donors (Lipinski definition) is 1. The Morgan fingerprint density at radius 2 is 1.00 bits per heavy atom. The summed E-state index contributed by atoms with van der Waals surface area (Å²) in [5, 5.41) is 0.602. The first kappa shape index (κ1) is 18.2. The van der Waals surface area contributed by atoms with Gasteiger partial charge in [-0.1, -0.05) is 11.6 Å². The maximum absolute atomic E-state index is 10.5. The standard InChI is InChI=1S/C12H18.C7H6ClNO/c1-7-8(2)10(4)12(6)11(5)9(7)3;8-6-3-1-5(2-4-6)7(9)10/h1-6H3;1-4H,(H2,9,10). The lowest BCUT2D eigenvalue weighted by atomic mass is 9.90. The Hall–Kier alpha value is -1.80. The molecule has 0 radical (unpaired) electrons. The molecule has 3 heteroatoms. The topological polar surface area (TPSA) is 43.1 Å². The molecule has 0 fully saturated rings. The second-order valence-corrected chi connectivity index (χ2v) is 6.06. The van der Waals surface area contributed by atoms with E-state index in [2.05, 4.69) is 41.5 Å². The normalized spacial score (nSPS) is 9.95. The molecular weight excluding hydrogens is 294 g/mol. The van der Waals surface area contributed by atoms with E-state index in [-0.39, 0.29) is 0 Å². The zero-order valence-electron chi connectivity index (χ0n) is 14.2. The monoisotopic (exact) mass is 317 g/mol. The highest BCUT2D eigenvalue weighted by atomic mass is 35.5. The van der Waals surface area contributed by atoms with Gasteiger partial charge >= 0.3 is 0 Å². The van der Waals surface area contributed by atoms with E-state index in [1.165, 1.54) is 33.4 Å². The van der Waals surface area contributed by atoms with Crippen molar-refractivity contribution in [1.82, 2.24) is 0 Å². The molecule has 0 aliphatic carbocycles. The highest BCUT2D eigenvalue weighted by molar-refractivity contribution is 6.30. The predicted octanol–water partition coefficient (Wildman–Crippen LogP) is 4.98. The average Bonchev–Trinajstić information content (AvgIpc) is 2.50. The summed E-state index contributed by atoms with van der Waals surface area (Å²) in [5.74, 6) is -0.434. The predicted molar refractivity (Wildman–Crippen MR) is 94.8 cm³/mol. The number of amides is 1. The van der Waals surface area contributed by atoms with Crippen LogP contribution in [0.4, 0.5) is 0 Å². The summed E-state index contributed by atoms with van der Waals surface area (Å²) in [4.78, 5) is 10.5. The largest absolute Gasteiger partial charge is 0.366 e. The Kier molecular flexibility index (Phi) is 6.19. The molecule has 2 aromatic carbocycles. The van der Waals surface area contributed by atoms with Gasteiger partial charge in [0.1, 0.15) is 0 Å². The number of primary amides is 1. The van der Waals surface area contributed by atoms with E-state index in [0.717, 1.165) is 0 Å². The molecule has 2 N–H and O–H groups in total. The first-order valence-electron chi connectivity index (χ1n) is 7.25. The third-order valence-corrected chi connectivity index (χ3v) is 4.76. The maximum Gasteiger partial charge on any atom is 0.248 e. The van der Waals surface area contributed by atoms with Gasteiger partial charge in [0.15, 0.2) is 0 Å². The first-order chi connectivity index (χ1) is 10.2. The van der Waals surface area contributed by atoms with Crippen molar-refractivity contribution in [1.29, 1.82) is 0 Å². The zero-order valence-corrected chi connectivity index (χ0v) is 14.9. The molecule has 2 nitrogen and oxygen atoms in total. The molecule has 0 spiro atoms. The van der Waals surface area contributed by atoms with Crippen molar-refractivity contribution in [2.45, 2.75) is 41.5 Å². The van der Waals surface area contributed by atoms with Gasteiger partial charge in [0.25, 0.3) is 0 Å². The summed E-state index contributed by atoms with van der Waals surface area (Å²) in [7, 11) is 0. The Morgan fingerprint density at radius 3 is 1.23 bits per heavy atom. The fraction of sp³-hybridized carbons (Fsp3) is 0.316. The van der Waals surface area contributed by atoms with E-state index >= 15 is 0 Å². The molecule has 0 heterocycles. The van der Waals surface area contributed by atoms with Crippen LogP contribution in [-0.4, -0.2) is 5.91 Å². The summed E-state index contributed by atoms with van der Waals surface area (Å²) < 4.78 is 0. The van der Waals surface area contributed by atoms with Crippen LogP contribution in [0.5, 0.6) is 0 Å². The Bertz CT molecular complexity index is 583. The van der Waals surface area contributed by atoms with Gasteiger partial charge in [-0.05, 0) is 99.2 Å². The van der Waals surface area contributed by atoms with E-state index in [4.69, 9.17) is 17.3 Å². The third-order valence-electron chi connectivity index (χ3n) is 4.50. The van der Waals surface area contributed by atoms with Crippen molar-refractivity contribution >= 4 is 17.5 Å². The minimum atomic E-state index is -0.434. The quantitative estimate of drug-likeness (QED) is 0.792. The van der Waals surface area contributed by atoms with Crippen molar-refractivity contribution in [3.8, 4) is 0 Å². The summed E-state index contributed by atoms with van der Waals surface area (Å²) in [6.45, 7) is 13.3. The van der Waals surface area contributed by atoms with Gasteiger partial charge < -0.3 is 5.73 Å². The van der Waals surface area contributed by atoms with Gasteiger partial charge in [0.05, 0.1) is 0 Å². The minimum Gasteiger partial charge on any atom is -0.366 e. The van der Waals surface area contributed by atoms with Crippen molar-refractivity contribution in [2.24, 2.45) is 5.73 Å². The molecule has 0 aliphatic heterocycles. The van der Waals surface area contributed by atoms with Gasteiger partial charge in [0.2, 0.25) is 5.91 Å². The van der Waals surface area contributed by atoms with Crippen molar-refractivity contribution in [3.63, 3.8) is 0 Å². The second-order valence-electron chi connectivity index (χ2n) is 5.62. The van der Waals surface area contributed by atoms with Crippen LogP contribution >= 0.6 is 11.6 Å². The third kappa shape index (κ3) is 4.11.